The largest absolute Gasteiger partial charge is 0.487 e. The van der Waals surface area contributed by atoms with Crippen LogP contribution in [0.5, 0.6) is 5.75 Å². The molecule has 8 heteroatoms. The first-order chi connectivity index (χ1) is 13.2. The second kappa shape index (κ2) is 8.00. The van der Waals surface area contributed by atoms with Gasteiger partial charge in [-0.2, -0.15) is 13.2 Å². The van der Waals surface area contributed by atoms with E-state index in [0.29, 0.717) is 11.4 Å². The smallest absolute Gasteiger partial charge is 0.389 e. The van der Waals surface area contributed by atoms with Crippen LogP contribution in [0.4, 0.5) is 17.6 Å². The number of nitrogens with zero attached hydrogens (tertiary/aromatic N) is 2. The Morgan fingerprint density at radius 1 is 1.07 bits per heavy atom. The van der Waals surface area contributed by atoms with Gasteiger partial charge in [0.1, 0.15) is 29.7 Å². The highest BCUT2D eigenvalue weighted by atomic mass is 19.4. The Labute approximate surface area is 159 Å². The summed E-state index contributed by atoms with van der Waals surface area (Å²) in [6, 6.07) is 6.72. The normalized spacial score (nSPS) is 11.6. The minimum Gasteiger partial charge on any atom is -0.487 e. The summed E-state index contributed by atoms with van der Waals surface area (Å²) in [5.41, 5.74) is 3.15. The van der Waals surface area contributed by atoms with E-state index >= 15 is 0 Å². The van der Waals surface area contributed by atoms with Crippen LogP contribution in [0.1, 0.15) is 29.1 Å². The fourth-order valence-electron chi connectivity index (χ4n) is 2.69. The van der Waals surface area contributed by atoms with Crippen molar-refractivity contribution < 1.29 is 22.3 Å². The molecule has 3 rings (SSSR count). The van der Waals surface area contributed by atoms with Gasteiger partial charge in [0.05, 0.1) is 18.3 Å². The summed E-state index contributed by atoms with van der Waals surface area (Å²) < 4.78 is 56.5. The van der Waals surface area contributed by atoms with E-state index in [1.807, 2.05) is 13.0 Å². The summed E-state index contributed by atoms with van der Waals surface area (Å²) in [4.78, 5) is 10.9. The van der Waals surface area contributed by atoms with Gasteiger partial charge >= 0.3 is 6.18 Å². The van der Waals surface area contributed by atoms with Crippen LogP contribution in [-0.2, 0) is 13.0 Å². The van der Waals surface area contributed by atoms with Gasteiger partial charge in [-0.3, -0.25) is 4.98 Å². The first kappa shape index (κ1) is 19.9. The zero-order valence-corrected chi connectivity index (χ0v) is 15.4. The quantitative estimate of drug-likeness (QED) is 0.578. The lowest BCUT2D eigenvalue weighted by molar-refractivity contribution is -0.134. The fraction of sp³-hybridized carbons (Fsp3) is 0.300. The molecule has 0 saturated heterocycles. The number of aromatic amines is 1. The first-order valence-corrected chi connectivity index (χ1v) is 8.67. The van der Waals surface area contributed by atoms with Crippen molar-refractivity contribution in [3.8, 4) is 17.0 Å². The Morgan fingerprint density at radius 3 is 2.54 bits per heavy atom. The van der Waals surface area contributed by atoms with Crippen molar-refractivity contribution in [2.75, 3.05) is 0 Å². The number of imidazole rings is 1. The number of pyridine rings is 1. The van der Waals surface area contributed by atoms with Crippen LogP contribution in [0, 0.1) is 19.7 Å². The van der Waals surface area contributed by atoms with Gasteiger partial charge in [-0.15, -0.1) is 0 Å². The maximum atomic E-state index is 13.9. The van der Waals surface area contributed by atoms with Crippen molar-refractivity contribution in [2.45, 2.75) is 39.5 Å². The summed E-state index contributed by atoms with van der Waals surface area (Å²) in [6.45, 7) is 3.59. The minimum atomic E-state index is -4.21. The lowest BCUT2D eigenvalue weighted by atomic mass is 10.1. The van der Waals surface area contributed by atoms with E-state index in [1.165, 1.54) is 12.3 Å². The number of rotatable bonds is 6. The Bertz CT molecular complexity index is 966. The van der Waals surface area contributed by atoms with E-state index in [-0.39, 0.29) is 24.5 Å². The highest BCUT2D eigenvalue weighted by Crippen LogP contribution is 2.27. The number of H-pyrrole nitrogens is 1. The van der Waals surface area contributed by atoms with Gasteiger partial charge in [0.15, 0.2) is 0 Å². The van der Waals surface area contributed by atoms with Crippen molar-refractivity contribution in [2.24, 2.45) is 0 Å². The molecular formula is C20H19F4N3O. The van der Waals surface area contributed by atoms with E-state index in [4.69, 9.17) is 4.74 Å². The number of halogens is 4. The molecule has 0 aliphatic heterocycles. The third-order valence-corrected chi connectivity index (χ3v) is 4.18. The fourth-order valence-corrected chi connectivity index (χ4v) is 2.69. The highest BCUT2D eigenvalue weighted by molar-refractivity contribution is 5.61. The monoisotopic (exact) mass is 393 g/mol. The predicted molar refractivity (Wildman–Crippen MR) is 96.4 cm³/mol. The third-order valence-electron chi connectivity index (χ3n) is 4.18. The van der Waals surface area contributed by atoms with Crippen molar-refractivity contribution in [3.63, 3.8) is 0 Å². The van der Waals surface area contributed by atoms with Gasteiger partial charge < -0.3 is 9.72 Å². The standard InChI is InChI=1S/C20H19F4N3O/c1-12-7-15(21)17(25-9-12)11-28-18-4-3-14(8-13(18)2)16-10-26-19(27-16)5-6-20(22,23)24/h3-4,7-10H,5-6,11H2,1-2H3,(H,26,27). The summed E-state index contributed by atoms with van der Waals surface area (Å²) in [7, 11) is 0. The van der Waals surface area contributed by atoms with Crippen LogP contribution < -0.4 is 4.74 Å². The molecule has 0 fully saturated rings. The molecule has 0 unspecified atom stereocenters. The molecule has 0 atom stereocenters. The van der Waals surface area contributed by atoms with Crippen LogP contribution in [0.2, 0.25) is 0 Å². The summed E-state index contributed by atoms with van der Waals surface area (Å²) >= 11 is 0. The average molecular weight is 393 g/mol. The van der Waals surface area contributed by atoms with Crippen LogP contribution in [0.15, 0.2) is 36.7 Å². The zero-order chi connectivity index (χ0) is 20.3. The van der Waals surface area contributed by atoms with E-state index in [2.05, 4.69) is 15.0 Å². The molecule has 0 radical (unpaired) electrons. The van der Waals surface area contributed by atoms with Gasteiger partial charge in [-0.1, -0.05) is 0 Å². The highest BCUT2D eigenvalue weighted by Gasteiger charge is 2.27. The molecule has 1 N–H and O–H groups in total. The summed E-state index contributed by atoms with van der Waals surface area (Å²) in [5, 5.41) is 0. The predicted octanol–water partition coefficient (Wildman–Crippen LogP) is 5.30. The van der Waals surface area contributed by atoms with E-state index in [1.54, 1.807) is 25.3 Å². The number of aryl methyl sites for hydroxylation is 3. The Morgan fingerprint density at radius 2 is 1.86 bits per heavy atom. The number of aromatic nitrogens is 3. The molecule has 0 bridgehead atoms. The average Bonchev–Trinajstić information content (AvgIpc) is 3.09. The topological polar surface area (TPSA) is 50.8 Å². The van der Waals surface area contributed by atoms with Gasteiger partial charge in [0.2, 0.25) is 0 Å². The molecule has 0 spiro atoms. The van der Waals surface area contributed by atoms with E-state index < -0.39 is 18.4 Å². The lowest BCUT2D eigenvalue weighted by Gasteiger charge is -2.11. The molecule has 0 saturated carbocycles. The maximum Gasteiger partial charge on any atom is 0.389 e. The second-order valence-electron chi connectivity index (χ2n) is 6.57. The Kier molecular flexibility index (Phi) is 5.67. The number of nitrogens with one attached hydrogen (secondary N) is 1. The van der Waals surface area contributed by atoms with Gasteiger partial charge in [-0.25, -0.2) is 9.37 Å². The molecular weight excluding hydrogens is 374 g/mol. The Balaban J connectivity index is 1.68. The molecule has 0 aliphatic rings. The molecule has 0 amide bonds. The first-order valence-electron chi connectivity index (χ1n) is 8.67. The van der Waals surface area contributed by atoms with E-state index in [0.717, 1.165) is 16.7 Å². The Hall–Kier alpha value is -2.90. The van der Waals surface area contributed by atoms with Crippen molar-refractivity contribution in [1.82, 2.24) is 15.0 Å². The van der Waals surface area contributed by atoms with Gasteiger partial charge in [0, 0.05) is 18.2 Å². The molecule has 1 aromatic carbocycles. The summed E-state index contributed by atoms with van der Waals surface area (Å²) in [6.07, 6.45) is -2.25. The van der Waals surface area contributed by atoms with E-state index in [9.17, 15) is 17.6 Å². The number of hydrogen-bond acceptors (Lipinski definition) is 3. The molecule has 3 aromatic rings. The number of alkyl halides is 3. The number of benzene rings is 1. The molecule has 2 heterocycles. The molecule has 148 valence electrons. The number of hydrogen-bond donors (Lipinski definition) is 1. The summed E-state index contributed by atoms with van der Waals surface area (Å²) in [5.74, 6) is 0.437. The lowest BCUT2D eigenvalue weighted by Crippen LogP contribution is -2.09. The SMILES string of the molecule is Cc1cnc(COc2ccc(-c3cnc(CCC(F)(F)F)[nH]3)cc2C)c(F)c1. The zero-order valence-electron chi connectivity index (χ0n) is 15.4. The number of ether oxygens (including phenoxy) is 1. The van der Waals surface area contributed by atoms with Crippen LogP contribution in [-0.4, -0.2) is 21.1 Å². The van der Waals surface area contributed by atoms with Crippen LogP contribution >= 0.6 is 0 Å². The minimum absolute atomic E-state index is 0.00204. The second-order valence-corrected chi connectivity index (χ2v) is 6.57. The molecule has 4 nitrogen and oxygen atoms in total. The molecule has 0 aliphatic carbocycles. The van der Waals surface area contributed by atoms with Crippen LogP contribution in [0.25, 0.3) is 11.3 Å². The third kappa shape index (κ3) is 5.09. The van der Waals surface area contributed by atoms with Crippen molar-refractivity contribution in [3.05, 3.63) is 65.1 Å². The van der Waals surface area contributed by atoms with Gasteiger partial charge in [-0.05, 0) is 49.2 Å². The van der Waals surface area contributed by atoms with Gasteiger partial charge in [0.25, 0.3) is 0 Å². The van der Waals surface area contributed by atoms with Crippen molar-refractivity contribution >= 4 is 0 Å². The molecule has 2 aromatic heterocycles. The molecule has 28 heavy (non-hydrogen) atoms. The van der Waals surface area contributed by atoms with Crippen LogP contribution in [0.3, 0.4) is 0 Å². The van der Waals surface area contributed by atoms with Crippen molar-refractivity contribution in [1.29, 1.82) is 0 Å². The maximum absolute atomic E-state index is 13.9.